The second-order valence-corrected chi connectivity index (χ2v) is 6.75. The van der Waals surface area contributed by atoms with Gasteiger partial charge in [-0.25, -0.2) is 9.07 Å². The van der Waals surface area contributed by atoms with Gasteiger partial charge in [0.2, 0.25) is 0 Å². The third-order valence-corrected chi connectivity index (χ3v) is 4.58. The Balaban J connectivity index is 1.63. The van der Waals surface area contributed by atoms with Crippen LogP contribution in [0.5, 0.6) is 0 Å². The van der Waals surface area contributed by atoms with Gasteiger partial charge in [0, 0.05) is 43.1 Å². The highest BCUT2D eigenvalue weighted by Crippen LogP contribution is 2.22. The van der Waals surface area contributed by atoms with Crippen LogP contribution in [-0.4, -0.2) is 32.6 Å². The number of benzene rings is 2. The molecule has 0 saturated carbocycles. The Bertz CT molecular complexity index is 1150. The van der Waals surface area contributed by atoms with Gasteiger partial charge in [0.1, 0.15) is 5.82 Å². The van der Waals surface area contributed by atoms with Crippen molar-refractivity contribution >= 4 is 16.8 Å². The van der Waals surface area contributed by atoms with Crippen LogP contribution in [-0.2, 0) is 6.54 Å². The molecule has 2 heterocycles. The van der Waals surface area contributed by atoms with Crippen LogP contribution in [0.4, 0.5) is 4.39 Å². The average molecular weight is 374 g/mol. The van der Waals surface area contributed by atoms with E-state index in [0.717, 1.165) is 11.3 Å². The lowest BCUT2D eigenvalue weighted by molar-refractivity contribution is 0.0787. The molecule has 0 bridgehead atoms. The molecule has 0 atom stereocenters. The molecule has 5 nitrogen and oxygen atoms in total. The van der Waals surface area contributed by atoms with E-state index < -0.39 is 0 Å². The third-order valence-electron chi connectivity index (χ3n) is 4.58. The van der Waals surface area contributed by atoms with E-state index in [4.69, 9.17) is 0 Å². The van der Waals surface area contributed by atoms with Crippen molar-refractivity contribution in [3.05, 3.63) is 89.6 Å². The standard InChI is InChI=1S/C22H19FN4O/c1-15-11-20(19-8-7-17(23)13-21(19)25-15)22(28)26(2)14-16-5-3-6-18(12-16)27-10-4-9-24-27/h3-13H,14H2,1-2H3. The molecule has 6 heteroatoms. The van der Waals surface area contributed by atoms with Crippen LogP contribution in [0.1, 0.15) is 21.6 Å². The van der Waals surface area contributed by atoms with E-state index in [2.05, 4.69) is 10.1 Å². The Hall–Kier alpha value is -3.54. The number of aromatic nitrogens is 3. The lowest BCUT2D eigenvalue weighted by Crippen LogP contribution is -2.26. The first-order valence-corrected chi connectivity index (χ1v) is 8.92. The van der Waals surface area contributed by atoms with Crippen molar-refractivity contribution in [2.75, 3.05) is 7.05 Å². The quantitative estimate of drug-likeness (QED) is 0.539. The van der Waals surface area contributed by atoms with Crippen molar-refractivity contribution < 1.29 is 9.18 Å². The fourth-order valence-corrected chi connectivity index (χ4v) is 3.28. The largest absolute Gasteiger partial charge is 0.337 e. The Labute approximate surface area is 162 Å². The molecule has 0 unspecified atom stereocenters. The van der Waals surface area contributed by atoms with Crippen LogP contribution in [0.3, 0.4) is 0 Å². The summed E-state index contributed by atoms with van der Waals surface area (Å²) in [7, 11) is 1.76. The predicted octanol–water partition coefficient (Wildman–Crippen LogP) is 4.14. The van der Waals surface area contributed by atoms with E-state index in [1.807, 2.05) is 36.5 Å². The van der Waals surface area contributed by atoms with Gasteiger partial charge in [-0.3, -0.25) is 9.78 Å². The van der Waals surface area contributed by atoms with Crippen molar-refractivity contribution in [1.82, 2.24) is 19.7 Å². The van der Waals surface area contributed by atoms with E-state index in [0.29, 0.717) is 28.7 Å². The summed E-state index contributed by atoms with van der Waals surface area (Å²) >= 11 is 0. The molecule has 140 valence electrons. The molecule has 0 fully saturated rings. The van der Waals surface area contributed by atoms with Crippen molar-refractivity contribution in [3.8, 4) is 5.69 Å². The maximum atomic E-state index is 13.6. The number of halogens is 1. The second kappa shape index (κ2) is 7.23. The van der Waals surface area contributed by atoms with E-state index in [-0.39, 0.29) is 11.7 Å². The van der Waals surface area contributed by atoms with Crippen LogP contribution >= 0.6 is 0 Å². The number of nitrogens with zero attached hydrogens (tertiary/aromatic N) is 4. The molecule has 4 aromatic rings. The smallest absolute Gasteiger partial charge is 0.254 e. The molecule has 2 aromatic carbocycles. The lowest BCUT2D eigenvalue weighted by Gasteiger charge is -2.19. The van der Waals surface area contributed by atoms with E-state index >= 15 is 0 Å². The molecule has 0 aliphatic rings. The lowest BCUT2D eigenvalue weighted by atomic mass is 10.1. The first kappa shape index (κ1) is 17.9. The fourth-order valence-electron chi connectivity index (χ4n) is 3.28. The molecular weight excluding hydrogens is 355 g/mol. The summed E-state index contributed by atoms with van der Waals surface area (Å²) in [5.41, 5.74) is 3.61. The number of pyridine rings is 1. The number of hydrogen-bond donors (Lipinski definition) is 0. The van der Waals surface area contributed by atoms with Crippen molar-refractivity contribution in [1.29, 1.82) is 0 Å². The second-order valence-electron chi connectivity index (χ2n) is 6.75. The predicted molar refractivity (Wildman–Crippen MR) is 106 cm³/mol. The summed E-state index contributed by atoms with van der Waals surface area (Å²) in [6.07, 6.45) is 3.60. The number of carbonyl (C=O) groups is 1. The molecule has 0 aliphatic heterocycles. The number of carbonyl (C=O) groups excluding carboxylic acids is 1. The number of fused-ring (bicyclic) bond motifs is 1. The summed E-state index contributed by atoms with van der Waals surface area (Å²) < 4.78 is 15.3. The average Bonchev–Trinajstić information content (AvgIpc) is 3.21. The van der Waals surface area contributed by atoms with Crippen LogP contribution in [0.25, 0.3) is 16.6 Å². The van der Waals surface area contributed by atoms with Crippen LogP contribution in [0.2, 0.25) is 0 Å². The van der Waals surface area contributed by atoms with Gasteiger partial charge in [0.15, 0.2) is 0 Å². The molecular formula is C22H19FN4O. The summed E-state index contributed by atoms with van der Waals surface area (Å²) in [6, 6.07) is 15.8. The third kappa shape index (κ3) is 3.49. The highest BCUT2D eigenvalue weighted by Gasteiger charge is 2.17. The fraction of sp³-hybridized carbons (Fsp3) is 0.136. The number of aryl methyl sites for hydroxylation is 1. The van der Waals surface area contributed by atoms with Crippen LogP contribution in [0, 0.1) is 12.7 Å². The molecule has 0 saturated heterocycles. The maximum Gasteiger partial charge on any atom is 0.254 e. The Kier molecular flexibility index (Phi) is 4.61. The first-order chi connectivity index (χ1) is 13.5. The topological polar surface area (TPSA) is 51.0 Å². The zero-order valence-corrected chi connectivity index (χ0v) is 15.6. The molecule has 0 spiro atoms. The summed E-state index contributed by atoms with van der Waals surface area (Å²) in [5, 5.41) is 4.89. The summed E-state index contributed by atoms with van der Waals surface area (Å²) in [6.45, 7) is 2.24. The first-order valence-electron chi connectivity index (χ1n) is 8.92. The van der Waals surface area contributed by atoms with Gasteiger partial charge in [0.25, 0.3) is 5.91 Å². The Morgan fingerprint density at radius 1 is 1.14 bits per heavy atom. The molecule has 1 amide bonds. The highest BCUT2D eigenvalue weighted by atomic mass is 19.1. The van der Waals surface area contributed by atoms with Gasteiger partial charge in [0.05, 0.1) is 16.8 Å². The molecule has 4 rings (SSSR count). The number of rotatable bonds is 4. The van der Waals surface area contributed by atoms with Gasteiger partial charge in [-0.05, 0) is 48.9 Å². The van der Waals surface area contributed by atoms with Gasteiger partial charge >= 0.3 is 0 Å². The normalized spacial score (nSPS) is 11.0. The van der Waals surface area contributed by atoms with Gasteiger partial charge in [-0.2, -0.15) is 5.10 Å². The van der Waals surface area contributed by atoms with E-state index in [9.17, 15) is 9.18 Å². The van der Waals surface area contributed by atoms with Crippen LogP contribution < -0.4 is 0 Å². The molecule has 0 aliphatic carbocycles. The minimum absolute atomic E-state index is 0.133. The SMILES string of the molecule is Cc1cc(C(=O)N(C)Cc2cccc(-n3cccn3)c2)c2ccc(F)cc2n1. The molecule has 0 radical (unpaired) electrons. The van der Waals surface area contributed by atoms with Crippen LogP contribution in [0.15, 0.2) is 67.0 Å². The molecule has 0 N–H and O–H groups in total. The zero-order valence-electron chi connectivity index (χ0n) is 15.6. The Morgan fingerprint density at radius 3 is 2.79 bits per heavy atom. The van der Waals surface area contributed by atoms with Gasteiger partial charge in [-0.15, -0.1) is 0 Å². The molecule has 2 aromatic heterocycles. The van der Waals surface area contributed by atoms with E-state index in [1.54, 1.807) is 41.9 Å². The summed E-state index contributed by atoms with van der Waals surface area (Å²) in [5.74, 6) is -0.501. The monoisotopic (exact) mass is 374 g/mol. The molecule has 28 heavy (non-hydrogen) atoms. The Morgan fingerprint density at radius 2 is 2.00 bits per heavy atom. The van der Waals surface area contributed by atoms with Crippen molar-refractivity contribution in [2.24, 2.45) is 0 Å². The van der Waals surface area contributed by atoms with E-state index in [1.165, 1.54) is 12.1 Å². The summed E-state index contributed by atoms with van der Waals surface area (Å²) in [4.78, 5) is 19.1. The zero-order chi connectivity index (χ0) is 19.7. The minimum atomic E-state index is -0.368. The van der Waals surface area contributed by atoms with Crippen molar-refractivity contribution in [3.63, 3.8) is 0 Å². The maximum absolute atomic E-state index is 13.6. The number of hydrogen-bond acceptors (Lipinski definition) is 3. The minimum Gasteiger partial charge on any atom is -0.337 e. The van der Waals surface area contributed by atoms with Gasteiger partial charge < -0.3 is 4.90 Å². The van der Waals surface area contributed by atoms with Gasteiger partial charge in [-0.1, -0.05) is 12.1 Å². The van der Waals surface area contributed by atoms with Crippen molar-refractivity contribution in [2.45, 2.75) is 13.5 Å². The highest BCUT2D eigenvalue weighted by molar-refractivity contribution is 6.06. The number of amides is 1.